The Morgan fingerprint density at radius 3 is 3.00 bits per heavy atom. The average molecular weight is 293 g/mol. The summed E-state index contributed by atoms with van der Waals surface area (Å²) in [5.74, 6) is 0.654. The van der Waals surface area contributed by atoms with Gasteiger partial charge in [0.05, 0.1) is 17.1 Å². The van der Waals surface area contributed by atoms with E-state index in [1.54, 1.807) is 25.1 Å². The van der Waals surface area contributed by atoms with Crippen LogP contribution in [0.3, 0.4) is 0 Å². The number of fused-ring (bicyclic) bond motifs is 1. The van der Waals surface area contributed by atoms with Gasteiger partial charge < -0.3 is 9.84 Å². The van der Waals surface area contributed by atoms with E-state index in [4.69, 9.17) is 4.52 Å². The Morgan fingerprint density at radius 2 is 2.25 bits per heavy atom. The minimum Gasteiger partial charge on any atom is -0.384 e. The van der Waals surface area contributed by atoms with Gasteiger partial charge in [-0.25, -0.2) is 13.1 Å². The zero-order valence-corrected chi connectivity index (χ0v) is 11.8. The standard InChI is InChI=1S/C13H15N3O3S/c1-9-6-11(16-19-9)8-15-20(17,18)12-3-2-10-4-5-14-13(10)7-12/h2-3,6-7,14-15H,4-5,8H2,1H3. The lowest BCUT2D eigenvalue weighted by atomic mass is 10.2. The van der Waals surface area contributed by atoms with Gasteiger partial charge in [-0.1, -0.05) is 11.2 Å². The zero-order chi connectivity index (χ0) is 14.2. The van der Waals surface area contributed by atoms with Crippen molar-refractivity contribution in [3.05, 3.63) is 41.3 Å². The van der Waals surface area contributed by atoms with Crippen molar-refractivity contribution < 1.29 is 12.9 Å². The molecule has 0 fully saturated rings. The fraction of sp³-hybridized carbons (Fsp3) is 0.308. The van der Waals surface area contributed by atoms with Gasteiger partial charge in [0.15, 0.2) is 0 Å². The summed E-state index contributed by atoms with van der Waals surface area (Å²) in [6.07, 6.45) is 0.932. The Labute approximate surface area is 117 Å². The second-order valence-corrected chi connectivity index (χ2v) is 6.52. The summed E-state index contributed by atoms with van der Waals surface area (Å²) in [6, 6.07) is 6.85. The second kappa shape index (κ2) is 4.92. The summed E-state index contributed by atoms with van der Waals surface area (Å²) in [7, 11) is -3.54. The molecular weight excluding hydrogens is 278 g/mol. The van der Waals surface area contributed by atoms with Gasteiger partial charge in [-0.2, -0.15) is 0 Å². The quantitative estimate of drug-likeness (QED) is 0.891. The predicted molar refractivity (Wildman–Crippen MR) is 73.9 cm³/mol. The van der Waals surface area contributed by atoms with Gasteiger partial charge in [0.1, 0.15) is 5.76 Å². The highest BCUT2D eigenvalue weighted by atomic mass is 32.2. The van der Waals surface area contributed by atoms with Crippen LogP contribution in [0.2, 0.25) is 0 Å². The molecule has 2 aromatic rings. The van der Waals surface area contributed by atoms with E-state index in [2.05, 4.69) is 15.2 Å². The molecule has 1 aliphatic heterocycles. The lowest BCUT2D eigenvalue weighted by Gasteiger charge is -2.07. The van der Waals surface area contributed by atoms with Crippen LogP contribution >= 0.6 is 0 Å². The van der Waals surface area contributed by atoms with Crippen LogP contribution in [0, 0.1) is 6.92 Å². The van der Waals surface area contributed by atoms with Crippen LogP contribution in [0.15, 0.2) is 33.7 Å². The molecule has 0 amide bonds. The maximum atomic E-state index is 12.2. The molecular formula is C13H15N3O3S. The minimum atomic E-state index is -3.54. The van der Waals surface area contributed by atoms with Crippen molar-refractivity contribution in [2.45, 2.75) is 24.8 Å². The highest BCUT2D eigenvalue weighted by Gasteiger charge is 2.18. The number of aryl methyl sites for hydroxylation is 1. The van der Waals surface area contributed by atoms with Gasteiger partial charge in [-0.15, -0.1) is 0 Å². The predicted octanol–water partition coefficient (Wildman–Crippen LogP) is 1.43. The molecule has 1 aromatic carbocycles. The molecule has 0 saturated heterocycles. The van der Waals surface area contributed by atoms with Gasteiger partial charge in [-0.05, 0) is 31.0 Å². The van der Waals surface area contributed by atoms with E-state index in [0.717, 1.165) is 24.2 Å². The molecule has 0 saturated carbocycles. The minimum absolute atomic E-state index is 0.115. The fourth-order valence-electron chi connectivity index (χ4n) is 2.19. The van der Waals surface area contributed by atoms with Gasteiger partial charge >= 0.3 is 0 Å². The number of nitrogens with zero attached hydrogens (tertiary/aromatic N) is 1. The van der Waals surface area contributed by atoms with Crippen molar-refractivity contribution in [1.29, 1.82) is 0 Å². The van der Waals surface area contributed by atoms with Crippen molar-refractivity contribution in [3.8, 4) is 0 Å². The van der Waals surface area contributed by atoms with E-state index in [9.17, 15) is 8.42 Å². The highest BCUT2D eigenvalue weighted by molar-refractivity contribution is 7.89. The summed E-state index contributed by atoms with van der Waals surface area (Å²) in [5.41, 5.74) is 2.60. The van der Waals surface area contributed by atoms with E-state index in [0.29, 0.717) is 11.5 Å². The van der Waals surface area contributed by atoms with Crippen molar-refractivity contribution in [3.63, 3.8) is 0 Å². The van der Waals surface area contributed by atoms with E-state index < -0.39 is 10.0 Å². The Kier molecular flexibility index (Phi) is 3.23. The van der Waals surface area contributed by atoms with Crippen LogP contribution in [-0.2, 0) is 23.0 Å². The molecule has 3 rings (SSSR count). The molecule has 0 spiro atoms. The van der Waals surface area contributed by atoms with Gasteiger partial charge in [0.25, 0.3) is 0 Å². The van der Waals surface area contributed by atoms with Crippen molar-refractivity contribution in [1.82, 2.24) is 9.88 Å². The first-order chi connectivity index (χ1) is 9.54. The van der Waals surface area contributed by atoms with Crippen molar-refractivity contribution in [2.24, 2.45) is 0 Å². The zero-order valence-electron chi connectivity index (χ0n) is 11.0. The third kappa shape index (κ3) is 2.54. The first kappa shape index (κ1) is 13.1. The van der Waals surface area contributed by atoms with E-state index in [-0.39, 0.29) is 11.4 Å². The van der Waals surface area contributed by atoms with E-state index >= 15 is 0 Å². The number of hydrogen-bond acceptors (Lipinski definition) is 5. The number of benzene rings is 1. The molecule has 106 valence electrons. The molecule has 1 aromatic heterocycles. The van der Waals surface area contributed by atoms with Crippen LogP contribution in [0.4, 0.5) is 5.69 Å². The molecule has 2 heterocycles. The first-order valence-corrected chi connectivity index (χ1v) is 7.81. The van der Waals surface area contributed by atoms with Crippen molar-refractivity contribution in [2.75, 3.05) is 11.9 Å². The largest absolute Gasteiger partial charge is 0.384 e. The number of aromatic nitrogens is 1. The molecule has 2 N–H and O–H groups in total. The third-order valence-corrected chi connectivity index (χ3v) is 4.62. The summed E-state index contributed by atoms with van der Waals surface area (Å²) < 4.78 is 31.8. The summed E-state index contributed by atoms with van der Waals surface area (Å²) in [4.78, 5) is 0.255. The van der Waals surface area contributed by atoms with Gasteiger partial charge in [-0.3, -0.25) is 0 Å². The topological polar surface area (TPSA) is 84.2 Å². The lowest BCUT2D eigenvalue weighted by molar-refractivity contribution is 0.390. The molecule has 0 unspecified atom stereocenters. The smallest absolute Gasteiger partial charge is 0.240 e. The van der Waals surface area contributed by atoms with Gasteiger partial charge in [0.2, 0.25) is 10.0 Å². The molecule has 0 aliphatic carbocycles. The highest BCUT2D eigenvalue weighted by Crippen LogP contribution is 2.25. The lowest BCUT2D eigenvalue weighted by Crippen LogP contribution is -2.23. The SMILES string of the molecule is Cc1cc(CNS(=O)(=O)c2ccc3c(c2)NCC3)no1. The molecule has 0 atom stereocenters. The first-order valence-electron chi connectivity index (χ1n) is 6.33. The number of hydrogen-bond donors (Lipinski definition) is 2. The number of sulfonamides is 1. The van der Waals surface area contributed by atoms with Crippen LogP contribution in [0.5, 0.6) is 0 Å². The monoisotopic (exact) mass is 293 g/mol. The number of rotatable bonds is 4. The average Bonchev–Trinajstić information content (AvgIpc) is 3.04. The summed E-state index contributed by atoms with van der Waals surface area (Å²) >= 11 is 0. The van der Waals surface area contributed by atoms with Crippen LogP contribution < -0.4 is 10.0 Å². The van der Waals surface area contributed by atoms with Crippen LogP contribution in [-0.4, -0.2) is 20.1 Å². The number of anilines is 1. The molecule has 20 heavy (non-hydrogen) atoms. The number of nitrogens with one attached hydrogen (secondary N) is 2. The molecule has 7 heteroatoms. The Morgan fingerprint density at radius 1 is 1.40 bits per heavy atom. The maximum absolute atomic E-state index is 12.2. The van der Waals surface area contributed by atoms with Crippen LogP contribution in [0.25, 0.3) is 0 Å². The van der Waals surface area contributed by atoms with E-state index in [1.165, 1.54) is 0 Å². The molecule has 6 nitrogen and oxygen atoms in total. The second-order valence-electron chi connectivity index (χ2n) is 4.75. The van der Waals surface area contributed by atoms with E-state index in [1.807, 2.05) is 6.07 Å². The molecule has 0 radical (unpaired) electrons. The van der Waals surface area contributed by atoms with Crippen molar-refractivity contribution >= 4 is 15.7 Å². The fourth-order valence-corrected chi connectivity index (χ4v) is 3.22. The summed E-state index contributed by atoms with van der Waals surface area (Å²) in [6.45, 7) is 2.73. The Bertz CT molecular complexity index is 737. The normalized spacial score (nSPS) is 14.1. The van der Waals surface area contributed by atoms with Crippen LogP contribution in [0.1, 0.15) is 17.0 Å². The Hall–Kier alpha value is -1.86. The maximum Gasteiger partial charge on any atom is 0.240 e. The third-order valence-electron chi connectivity index (χ3n) is 3.22. The summed E-state index contributed by atoms with van der Waals surface area (Å²) in [5, 5.41) is 6.93. The Balaban J connectivity index is 1.78. The molecule has 1 aliphatic rings. The molecule has 0 bridgehead atoms. The van der Waals surface area contributed by atoms with Gasteiger partial charge in [0, 0.05) is 18.3 Å².